The van der Waals surface area contributed by atoms with E-state index in [1.165, 1.54) is 6.07 Å². The van der Waals surface area contributed by atoms with Crippen LogP contribution in [0, 0.1) is 12.7 Å². The van der Waals surface area contributed by atoms with Gasteiger partial charge in [-0.05, 0) is 33.0 Å². The molecule has 21 heavy (non-hydrogen) atoms. The molecule has 3 nitrogen and oxygen atoms in total. The van der Waals surface area contributed by atoms with E-state index in [-0.39, 0.29) is 11.9 Å². The number of aromatic nitrogens is 2. The van der Waals surface area contributed by atoms with E-state index in [1.807, 2.05) is 31.6 Å². The molecule has 1 N–H and O–H groups in total. The maximum absolute atomic E-state index is 14.2. The molecule has 2 aromatic rings. The predicted molar refractivity (Wildman–Crippen MR) is 87.3 cm³/mol. The third-order valence-corrected chi connectivity index (χ3v) is 4.52. The lowest BCUT2D eigenvalue weighted by Gasteiger charge is -2.18. The van der Waals surface area contributed by atoms with Crippen molar-refractivity contribution in [3.8, 4) is 0 Å². The van der Waals surface area contributed by atoms with Gasteiger partial charge in [-0.3, -0.25) is 4.68 Å². The fourth-order valence-electron chi connectivity index (χ4n) is 2.41. The number of hydrogen-bond donors (Lipinski definition) is 1. The summed E-state index contributed by atoms with van der Waals surface area (Å²) >= 11 is 9.61. The van der Waals surface area contributed by atoms with Crippen LogP contribution >= 0.6 is 27.5 Å². The van der Waals surface area contributed by atoms with Gasteiger partial charge in [0.2, 0.25) is 0 Å². The van der Waals surface area contributed by atoms with Crippen LogP contribution in [0.5, 0.6) is 0 Å². The molecule has 0 bridgehead atoms. The number of nitrogens with one attached hydrogen (secondary N) is 1. The van der Waals surface area contributed by atoms with Crippen LogP contribution in [0.25, 0.3) is 0 Å². The number of aryl methyl sites for hydroxylation is 2. The van der Waals surface area contributed by atoms with Crippen molar-refractivity contribution < 1.29 is 4.39 Å². The molecule has 0 saturated heterocycles. The second-order valence-corrected chi connectivity index (χ2v) is 6.17. The number of likely N-dealkylation sites (N-methyl/N-ethyl adjacent to an activating group) is 1. The monoisotopic (exact) mass is 373 g/mol. The summed E-state index contributed by atoms with van der Waals surface area (Å²) in [7, 11) is 1.82. The zero-order valence-electron chi connectivity index (χ0n) is 12.3. The highest BCUT2D eigenvalue weighted by Gasteiger charge is 2.20. The SMILES string of the molecule is CCn1nc(C)c(Cl)c1CC(NC)c1ccc(Br)cc1F. The van der Waals surface area contributed by atoms with Crippen LogP contribution in [0.15, 0.2) is 22.7 Å². The molecule has 0 radical (unpaired) electrons. The Hall–Kier alpha value is -0.910. The molecule has 1 heterocycles. The lowest BCUT2D eigenvalue weighted by atomic mass is 10.0. The first-order chi connectivity index (χ1) is 9.97. The quantitative estimate of drug-likeness (QED) is 0.847. The molecule has 0 amide bonds. The first-order valence-electron chi connectivity index (χ1n) is 6.81. The van der Waals surface area contributed by atoms with Crippen LogP contribution < -0.4 is 5.32 Å². The summed E-state index contributed by atoms with van der Waals surface area (Å²) in [5, 5.41) is 8.22. The zero-order valence-corrected chi connectivity index (χ0v) is 14.6. The summed E-state index contributed by atoms with van der Waals surface area (Å²) in [5.41, 5.74) is 2.36. The molecule has 0 fully saturated rings. The second-order valence-electron chi connectivity index (χ2n) is 4.87. The average Bonchev–Trinajstić information content (AvgIpc) is 2.72. The van der Waals surface area contributed by atoms with Gasteiger partial charge in [-0.1, -0.05) is 33.6 Å². The smallest absolute Gasteiger partial charge is 0.129 e. The Balaban J connectivity index is 2.35. The van der Waals surface area contributed by atoms with E-state index in [0.717, 1.165) is 22.4 Å². The van der Waals surface area contributed by atoms with E-state index in [0.29, 0.717) is 17.0 Å². The Bertz CT molecular complexity index is 642. The van der Waals surface area contributed by atoms with Gasteiger partial charge in [0.1, 0.15) is 5.82 Å². The van der Waals surface area contributed by atoms with Crippen molar-refractivity contribution in [2.45, 2.75) is 32.9 Å². The molecule has 1 atom stereocenters. The van der Waals surface area contributed by atoms with Crippen LogP contribution in [0.1, 0.15) is 29.9 Å². The summed E-state index contributed by atoms with van der Waals surface area (Å²) in [4.78, 5) is 0. The highest BCUT2D eigenvalue weighted by Crippen LogP contribution is 2.28. The van der Waals surface area contributed by atoms with Crippen molar-refractivity contribution in [3.05, 3.63) is 50.5 Å². The second kappa shape index (κ2) is 6.90. The third kappa shape index (κ3) is 3.47. The molecule has 0 spiro atoms. The standard InChI is InChI=1S/C15H18BrClFN3/c1-4-21-14(15(17)9(2)20-21)8-13(19-3)11-6-5-10(16)7-12(11)18/h5-7,13,19H,4,8H2,1-3H3. The van der Waals surface area contributed by atoms with Crippen LogP contribution in [-0.4, -0.2) is 16.8 Å². The molecule has 0 aliphatic heterocycles. The Morgan fingerprint density at radius 2 is 2.19 bits per heavy atom. The van der Waals surface area contributed by atoms with Gasteiger partial charge in [0.25, 0.3) is 0 Å². The summed E-state index contributed by atoms with van der Waals surface area (Å²) in [6.07, 6.45) is 0.586. The zero-order chi connectivity index (χ0) is 15.6. The molecule has 0 aliphatic carbocycles. The van der Waals surface area contributed by atoms with E-state index in [2.05, 4.69) is 26.3 Å². The fourth-order valence-corrected chi connectivity index (χ4v) is 2.95. The number of hydrogen-bond acceptors (Lipinski definition) is 2. The van der Waals surface area contributed by atoms with Crippen molar-refractivity contribution >= 4 is 27.5 Å². The average molecular weight is 375 g/mol. The molecule has 1 aromatic carbocycles. The Kier molecular flexibility index (Phi) is 5.41. The molecule has 1 aromatic heterocycles. The third-order valence-electron chi connectivity index (χ3n) is 3.54. The summed E-state index contributed by atoms with van der Waals surface area (Å²) < 4.78 is 16.8. The van der Waals surface area contributed by atoms with Crippen LogP contribution in [0.2, 0.25) is 5.02 Å². The number of nitrogens with zero attached hydrogens (tertiary/aromatic N) is 2. The molecule has 1 unspecified atom stereocenters. The summed E-state index contributed by atoms with van der Waals surface area (Å²) in [6, 6.07) is 4.95. The Morgan fingerprint density at radius 1 is 1.48 bits per heavy atom. The van der Waals surface area contributed by atoms with E-state index < -0.39 is 0 Å². The van der Waals surface area contributed by atoms with Gasteiger partial charge in [0, 0.05) is 29.0 Å². The minimum Gasteiger partial charge on any atom is -0.313 e. The molecule has 114 valence electrons. The van der Waals surface area contributed by atoms with E-state index in [1.54, 1.807) is 6.07 Å². The van der Waals surface area contributed by atoms with Gasteiger partial charge in [-0.2, -0.15) is 5.10 Å². The van der Waals surface area contributed by atoms with Gasteiger partial charge < -0.3 is 5.32 Å². The molecule has 6 heteroatoms. The van der Waals surface area contributed by atoms with Gasteiger partial charge in [-0.25, -0.2) is 4.39 Å². The van der Waals surface area contributed by atoms with Gasteiger partial charge in [-0.15, -0.1) is 0 Å². The van der Waals surface area contributed by atoms with Crippen molar-refractivity contribution in [3.63, 3.8) is 0 Å². The minimum atomic E-state index is -0.237. The molecular formula is C15H18BrClFN3. The van der Waals surface area contributed by atoms with Gasteiger partial charge in [0.15, 0.2) is 0 Å². The largest absolute Gasteiger partial charge is 0.313 e. The number of rotatable bonds is 5. The van der Waals surface area contributed by atoms with Crippen LogP contribution in [0.3, 0.4) is 0 Å². The first kappa shape index (κ1) is 16.5. The number of halogens is 3. The molecule has 0 aliphatic rings. The maximum Gasteiger partial charge on any atom is 0.129 e. The van der Waals surface area contributed by atoms with Gasteiger partial charge in [0.05, 0.1) is 16.4 Å². The fraction of sp³-hybridized carbons (Fsp3) is 0.400. The minimum absolute atomic E-state index is 0.156. The van der Waals surface area contributed by atoms with Crippen molar-refractivity contribution in [2.24, 2.45) is 0 Å². The Labute approximate surface area is 137 Å². The van der Waals surface area contributed by atoms with E-state index >= 15 is 0 Å². The van der Waals surface area contributed by atoms with E-state index in [4.69, 9.17) is 11.6 Å². The van der Waals surface area contributed by atoms with Gasteiger partial charge >= 0.3 is 0 Å². The van der Waals surface area contributed by atoms with Crippen molar-refractivity contribution in [2.75, 3.05) is 7.05 Å². The highest BCUT2D eigenvalue weighted by atomic mass is 79.9. The maximum atomic E-state index is 14.2. The molecule has 2 rings (SSSR count). The summed E-state index contributed by atoms with van der Waals surface area (Å²) in [5.74, 6) is -0.237. The van der Waals surface area contributed by atoms with E-state index in [9.17, 15) is 4.39 Å². The molecular weight excluding hydrogens is 357 g/mol. The van der Waals surface area contributed by atoms with Crippen molar-refractivity contribution in [1.29, 1.82) is 0 Å². The van der Waals surface area contributed by atoms with Crippen LogP contribution in [0.4, 0.5) is 4.39 Å². The van der Waals surface area contributed by atoms with Crippen LogP contribution in [-0.2, 0) is 13.0 Å². The summed E-state index contributed by atoms with van der Waals surface area (Å²) in [6.45, 7) is 4.63. The highest BCUT2D eigenvalue weighted by molar-refractivity contribution is 9.10. The topological polar surface area (TPSA) is 29.9 Å². The lowest BCUT2D eigenvalue weighted by molar-refractivity contribution is 0.510. The molecule has 0 saturated carbocycles. The van der Waals surface area contributed by atoms with Crippen molar-refractivity contribution in [1.82, 2.24) is 15.1 Å². The number of benzene rings is 1. The lowest BCUT2D eigenvalue weighted by Crippen LogP contribution is -2.21. The normalized spacial score (nSPS) is 12.7. The Morgan fingerprint density at radius 3 is 2.76 bits per heavy atom. The first-order valence-corrected chi connectivity index (χ1v) is 7.99. The predicted octanol–water partition coefficient (Wildman–Crippen LogP) is 4.27.